The molecule has 158 valence electrons. The quantitative estimate of drug-likeness (QED) is 0.555. The predicted molar refractivity (Wildman–Crippen MR) is 116 cm³/mol. The third-order valence-electron chi connectivity index (χ3n) is 5.44. The third-order valence-corrected chi connectivity index (χ3v) is 5.44. The summed E-state index contributed by atoms with van der Waals surface area (Å²) in [5.41, 5.74) is 8.45. The standard InChI is InChI=1S/C24H28N2O4/c1-2-28-24(27)22(13-21-12-18-11-16(14-25)3-8-23(18)30-21)17-4-6-19(7-5-17)29-20-9-10-26-15-20/h3-8,11-12,20,22,26H,2,9-10,13-15,25H2,1H3/t20-,22?/m0/s1. The van der Waals surface area contributed by atoms with Crippen molar-refractivity contribution in [3.8, 4) is 5.75 Å². The Bertz CT molecular complexity index is 990. The van der Waals surface area contributed by atoms with Crippen LogP contribution in [-0.4, -0.2) is 31.8 Å². The van der Waals surface area contributed by atoms with Crippen molar-refractivity contribution in [3.05, 3.63) is 65.4 Å². The van der Waals surface area contributed by atoms with Gasteiger partial charge in [0.05, 0.1) is 12.5 Å². The fraction of sp³-hybridized carbons (Fsp3) is 0.375. The van der Waals surface area contributed by atoms with Gasteiger partial charge in [0.1, 0.15) is 23.2 Å². The highest BCUT2D eigenvalue weighted by molar-refractivity contribution is 5.81. The van der Waals surface area contributed by atoms with Gasteiger partial charge in [0.2, 0.25) is 0 Å². The first-order valence-corrected chi connectivity index (χ1v) is 10.5. The van der Waals surface area contributed by atoms with Crippen LogP contribution in [0.3, 0.4) is 0 Å². The molecule has 30 heavy (non-hydrogen) atoms. The summed E-state index contributed by atoms with van der Waals surface area (Å²) in [4.78, 5) is 12.7. The molecule has 6 heteroatoms. The summed E-state index contributed by atoms with van der Waals surface area (Å²) in [7, 11) is 0. The van der Waals surface area contributed by atoms with E-state index < -0.39 is 5.92 Å². The summed E-state index contributed by atoms with van der Waals surface area (Å²) >= 11 is 0. The van der Waals surface area contributed by atoms with E-state index in [4.69, 9.17) is 19.6 Å². The number of benzene rings is 2. The Hall–Kier alpha value is -2.83. The van der Waals surface area contributed by atoms with Crippen LogP contribution in [0.4, 0.5) is 0 Å². The SMILES string of the molecule is CCOC(=O)C(Cc1cc2cc(CN)ccc2o1)c1ccc(O[C@H]2CCNC2)cc1. The monoisotopic (exact) mass is 408 g/mol. The first-order chi connectivity index (χ1) is 14.7. The minimum atomic E-state index is -0.443. The molecule has 0 aliphatic carbocycles. The minimum Gasteiger partial charge on any atom is -0.489 e. The molecule has 6 nitrogen and oxygen atoms in total. The number of nitrogens with one attached hydrogen (secondary N) is 1. The van der Waals surface area contributed by atoms with Crippen LogP contribution in [0, 0.1) is 0 Å². The molecule has 0 saturated carbocycles. The van der Waals surface area contributed by atoms with Crippen LogP contribution in [-0.2, 0) is 22.5 Å². The molecule has 2 aromatic carbocycles. The Morgan fingerprint density at radius 1 is 1.23 bits per heavy atom. The van der Waals surface area contributed by atoms with Crippen molar-refractivity contribution in [1.29, 1.82) is 0 Å². The number of hydrogen-bond donors (Lipinski definition) is 2. The Morgan fingerprint density at radius 2 is 2.07 bits per heavy atom. The molecule has 1 saturated heterocycles. The highest BCUT2D eigenvalue weighted by Gasteiger charge is 2.25. The summed E-state index contributed by atoms with van der Waals surface area (Å²) in [6, 6.07) is 15.6. The van der Waals surface area contributed by atoms with E-state index >= 15 is 0 Å². The second-order valence-corrected chi connectivity index (χ2v) is 7.60. The average molecular weight is 408 g/mol. The molecule has 0 bridgehead atoms. The first kappa shape index (κ1) is 20.4. The van der Waals surface area contributed by atoms with Gasteiger partial charge in [-0.05, 0) is 61.3 Å². The van der Waals surface area contributed by atoms with Gasteiger partial charge in [-0.15, -0.1) is 0 Å². The van der Waals surface area contributed by atoms with Crippen molar-refractivity contribution in [1.82, 2.24) is 5.32 Å². The van der Waals surface area contributed by atoms with Crippen molar-refractivity contribution in [2.45, 2.75) is 38.3 Å². The van der Waals surface area contributed by atoms with Gasteiger partial charge in [0.25, 0.3) is 0 Å². The summed E-state index contributed by atoms with van der Waals surface area (Å²) < 4.78 is 17.3. The van der Waals surface area contributed by atoms with Crippen LogP contribution in [0.15, 0.2) is 52.9 Å². The topological polar surface area (TPSA) is 86.7 Å². The number of esters is 1. The molecule has 0 radical (unpaired) electrons. The number of carbonyl (C=O) groups is 1. The van der Waals surface area contributed by atoms with Crippen LogP contribution in [0.25, 0.3) is 11.0 Å². The molecular formula is C24H28N2O4. The lowest BCUT2D eigenvalue weighted by molar-refractivity contribution is -0.145. The van der Waals surface area contributed by atoms with E-state index in [1.54, 1.807) is 0 Å². The second kappa shape index (κ2) is 9.32. The van der Waals surface area contributed by atoms with Crippen molar-refractivity contribution in [3.63, 3.8) is 0 Å². The molecule has 2 heterocycles. The van der Waals surface area contributed by atoms with Crippen LogP contribution in [0.5, 0.6) is 5.75 Å². The fourth-order valence-electron chi connectivity index (χ4n) is 3.86. The largest absolute Gasteiger partial charge is 0.489 e. The van der Waals surface area contributed by atoms with Gasteiger partial charge in [0.15, 0.2) is 0 Å². The molecule has 1 aliphatic heterocycles. The van der Waals surface area contributed by atoms with E-state index in [0.29, 0.717) is 19.6 Å². The Kier molecular flexibility index (Phi) is 6.35. The van der Waals surface area contributed by atoms with E-state index in [1.165, 1.54) is 0 Å². The van der Waals surface area contributed by atoms with Gasteiger partial charge in [0, 0.05) is 24.9 Å². The maximum atomic E-state index is 12.7. The van der Waals surface area contributed by atoms with Crippen LogP contribution in [0.2, 0.25) is 0 Å². The van der Waals surface area contributed by atoms with Gasteiger partial charge in [-0.25, -0.2) is 0 Å². The molecule has 1 aliphatic rings. The number of ether oxygens (including phenoxy) is 2. The number of hydrogen-bond acceptors (Lipinski definition) is 6. The minimum absolute atomic E-state index is 0.200. The summed E-state index contributed by atoms with van der Waals surface area (Å²) in [6.45, 7) is 4.48. The van der Waals surface area contributed by atoms with Crippen molar-refractivity contribution in [2.75, 3.05) is 19.7 Å². The lowest BCUT2D eigenvalue weighted by Gasteiger charge is -2.17. The highest BCUT2D eigenvalue weighted by Crippen LogP contribution is 2.29. The molecular weight excluding hydrogens is 380 g/mol. The number of rotatable bonds is 8. The highest BCUT2D eigenvalue weighted by atomic mass is 16.5. The van der Waals surface area contributed by atoms with E-state index in [9.17, 15) is 4.79 Å². The molecule has 3 N–H and O–H groups in total. The van der Waals surface area contributed by atoms with Crippen LogP contribution in [0.1, 0.15) is 36.1 Å². The molecule has 4 rings (SSSR count). The van der Waals surface area contributed by atoms with E-state index in [0.717, 1.165) is 53.1 Å². The van der Waals surface area contributed by atoms with Crippen molar-refractivity contribution in [2.24, 2.45) is 5.73 Å². The van der Waals surface area contributed by atoms with Crippen molar-refractivity contribution >= 4 is 16.9 Å². The second-order valence-electron chi connectivity index (χ2n) is 7.60. The normalized spacial score (nSPS) is 17.2. The summed E-state index contributed by atoms with van der Waals surface area (Å²) in [6.07, 6.45) is 1.63. The molecule has 3 aromatic rings. The number of furan rings is 1. The average Bonchev–Trinajstić information content (AvgIpc) is 3.41. The third kappa shape index (κ3) is 4.66. The fourth-order valence-corrected chi connectivity index (χ4v) is 3.86. The first-order valence-electron chi connectivity index (χ1n) is 10.5. The number of nitrogens with two attached hydrogens (primary N) is 1. The van der Waals surface area contributed by atoms with Gasteiger partial charge in [-0.1, -0.05) is 18.2 Å². The zero-order valence-corrected chi connectivity index (χ0v) is 17.2. The molecule has 0 amide bonds. The van der Waals surface area contributed by atoms with E-state index in [2.05, 4.69) is 5.32 Å². The van der Waals surface area contributed by atoms with Gasteiger partial charge >= 0.3 is 5.97 Å². The smallest absolute Gasteiger partial charge is 0.313 e. The maximum absolute atomic E-state index is 12.7. The summed E-state index contributed by atoms with van der Waals surface area (Å²) in [5, 5.41) is 4.28. The predicted octanol–water partition coefficient (Wildman–Crippen LogP) is 3.52. The number of fused-ring (bicyclic) bond motifs is 1. The lowest BCUT2D eigenvalue weighted by Crippen LogP contribution is -2.20. The molecule has 0 spiro atoms. The van der Waals surface area contributed by atoms with Gasteiger partial charge in [-0.2, -0.15) is 0 Å². The number of carbonyl (C=O) groups excluding carboxylic acids is 1. The van der Waals surface area contributed by atoms with Gasteiger partial charge < -0.3 is 24.9 Å². The molecule has 1 unspecified atom stereocenters. The van der Waals surface area contributed by atoms with Crippen LogP contribution >= 0.6 is 0 Å². The molecule has 1 aromatic heterocycles. The summed E-state index contributed by atoms with van der Waals surface area (Å²) in [5.74, 6) is 0.860. The van der Waals surface area contributed by atoms with Crippen LogP contribution < -0.4 is 15.8 Å². The molecule has 2 atom stereocenters. The lowest BCUT2D eigenvalue weighted by atomic mass is 9.94. The van der Waals surface area contributed by atoms with E-state index in [-0.39, 0.29) is 12.1 Å². The Balaban J connectivity index is 1.54. The van der Waals surface area contributed by atoms with Crippen molar-refractivity contribution < 1.29 is 18.7 Å². The van der Waals surface area contributed by atoms with Gasteiger partial charge in [-0.3, -0.25) is 4.79 Å². The zero-order valence-electron chi connectivity index (χ0n) is 17.2. The molecule has 1 fully saturated rings. The Labute approximate surface area is 176 Å². The zero-order chi connectivity index (χ0) is 20.9. The van der Waals surface area contributed by atoms with E-state index in [1.807, 2.05) is 55.5 Å². The Morgan fingerprint density at radius 3 is 2.77 bits per heavy atom. The maximum Gasteiger partial charge on any atom is 0.313 e.